The first-order valence-electron chi connectivity index (χ1n) is 6.94. The van der Waals surface area contributed by atoms with Crippen LogP contribution in [0.2, 0.25) is 0 Å². The predicted molar refractivity (Wildman–Crippen MR) is 72.8 cm³/mol. The summed E-state index contributed by atoms with van der Waals surface area (Å²) in [5, 5.41) is 15.5. The van der Waals surface area contributed by atoms with Crippen LogP contribution in [0.5, 0.6) is 0 Å². The van der Waals surface area contributed by atoms with Crippen LogP contribution in [-0.4, -0.2) is 26.2 Å². The maximum absolute atomic E-state index is 4.10. The van der Waals surface area contributed by atoms with E-state index in [1.807, 2.05) is 30.3 Å². The first kappa shape index (κ1) is 12.3. The summed E-state index contributed by atoms with van der Waals surface area (Å²) in [4.78, 5) is 0. The van der Waals surface area contributed by atoms with E-state index in [1.54, 1.807) is 4.68 Å². The third-order valence-electron chi connectivity index (χ3n) is 3.64. The molecule has 2 atom stereocenters. The molecule has 0 bridgehead atoms. The molecule has 19 heavy (non-hydrogen) atoms. The fraction of sp³-hybridized carbons (Fsp3) is 0.500. The van der Waals surface area contributed by atoms with Gasteiger partial charge in [-0.2, -0.15) is 4.68 Å². The first-order chi connectivity index (χ1) is 9.38. The van der Waals surface area contributed by atoms with Crippen molar-refractivity contribution in [2.45, 2.75) is 38.8 Å². The van der Waals surface area contributed by atoms with Crippen LogP contribution in [0, 0.1) is 5.92 Å². The molecular formula is C14H19N5. The summed E-state index contributed by atoms with van der Waals surface area (Å²) in [5.41, 5.74) is 1.00. The molecule has 1 saturated carbocycles. The monoisotopic (exact) mass is 257 g/mol. The smallest absolute Gasteiger partial charge is 0.170 e. The maximum Gasteiger partial charge on any atom is 0.170 e. The Labute approximate surface area is 113 Å². The van der Waals surface area contributed by atoms with E-state index < -0.39 is 0 Å². The molecule has 1 fully saturated rings. The molecule has 1 heterocycles. The van der Waals surface area contributed by atoms with Gasteiger partial charge in [-0.05, 0) is 41.3 Å². The summed E-state index contributed by atoms with van der Waals surface area (Å²) < 4.78 is 1.80. The topological polar surface area (TPSA) is 55.6 Å². The van der Waals surface area contributed by atoms with E-state index in [4.69, 9.17) is 0 Å². The number of hydrogen-bond acceptors (Lipinski definition) is 4. The van der Waals surface area contributed by atoms with Crippen LogP contribution in [0.1, 0.15) is 32.0 Å². The molecule has 0 radical (unpaired) electrons. The summed E-state index contributed by atoms with van der Waals surface area (Å²) in [5.74, 6) is 1.72. The van der Waals surface area contributed by atoms with E-state index in [2.05, 4.69) is 27.8 Å². The van der Waals surface area contributed by atoms with Gasteiger partial charge in [0.25, 0.3) is 0 Å². The quantitative estimate of drug-likeness (QED) is 0.859. The Bertz CT molecular complexity index is 522. The lowest BCUT2D eigenvalue weighted by Crippen LogP contribution is -2.20. The van der Waals surface area contributed by atoms with Crippen LogP contribution in [-0.2, 0) is 6.54 Å². The second-order valence-corrected chi connectivity index (χ2v) is 5.11. The zero-order valence-corrected chi connectivity index (χ0v) is 11.2. The highest BCUT2D eigenvalue weighted by atomic mass is 15.5. The molecule has 5 nitrogen and oxygen atoms in total. The molecule has 100 valence electrons. The molecule has 1 aliphatic carbocycles. The van der Waals surface area contributed by atoms with Crippen molar-refractivity contribution in [2.75, 3.05) is 0 Å². The summed E-state index contributed by atoms with van der Waals surface area (Å²) in [7, 11) is 0. The van der Waals surface area contributed by atoms with Gasteiger partial charge < -0.3 is 5.32 Å². The highest BCUT2D eigenvalue weighted by Gasteiger charge is 2.35. The summed E-state index contributed by atoms with van der Waals surface area (Å²) >= 11 is 0. The van der Waals surface area contributed by atoms with Crippen molar-refractivity contribution in [1.82, 2.24) is 25.5 Å². The Morgan fingerprint density at radius 3 is 2.95 bits per heavy atom. The molecule has 1 N–H and O–H groups in total. The highest BCUT2D eigenvalue weighted by molar-refractivity contribution is 5.30. The van der Waals surface area contributed by atoms with Crippen molar-refractivity contribution in [3.8, 4) is 5.69 Å². The molecule has 1 aromatic heterocycles. The maximum atomic E-state index is 4.10. The lowest BCUT2D eigenvalue weighted by Gasteiger charge is -2.05. The van der Waals surface area contributed by atoms with Gasteiger partial charge in [0.1, 0.15) is 0 Å². The van der Waals surface area contributed by atoms with E-state index >= 15 is 0 Å². The number of benzene rings is 1. The van der Waals surface area contributed by atoms with E-state index in [-0.39, 0.29) is 0 Å². The molecule has 1 aliphatic rings. The normalized spacial score (nSPS) is 21.5. The van der Waals surface area contributed by atoms with Crippen molar-refractivity contribution < 1.29 is 0 Å². The van der Waals surface area contributed by atoms with Gasteiger partial charge in [0.05, 0.1) is 12.2 Å². The number of aromatic nitrogens is 4. The Balaban J connectivity index is 1.62. The molecule has 0 aliphatic heterocycles. The average Bonchev–Trinajstić information content (AvgIpc) is 3.02. The fourth-order valence-corrected chi connectivity index (χ4v) is 2.50. The summed E-state index contributed by atoms with van der Waals surface area (Å²) in [6, 6.07) is 10.7. The second kappa shape index (κ2) is 5.48. The van der Waals surface area contributed by atoms with Gasteiger partial charge in [-0.1, -0.05) is 31.5 Å². The minimum Gasteiger partial charge on any atom is -0.307 e. The third kappa shape index (κ3) is 2.81. The van der Waals surface area contributed by atoms with Crippen molar-refractivity contribution in [3.05, 3.63) is 36.2 Å². The van der Waals surface area contributed by atoms with Gasteiger partial charge in [-0.3, -0.25) is 0 Å². The van der Waals surface area contributed by atoms with Gasteiger partial charge in [0, 0.05) is 6.04 Å². The molecular weight excluding hydrogens is 238 g/mol. The van der Waals surface area contributed by atoms with E-state index in [9.17, 15) is 0 Å². The number of nitrogens with zero attached hydrogens (tertiary/aromatic N) is 4. The van der Waals surface area contributed by atoms with Crippen LogP contribution in [0.3, 0.4) is 0 Å². The fourth-order valence-electron chi connectivity index (χ4n) is 2.50. The lowest BCUT2D eigenvalue weighted by molar-refractivity contribution is 0.579. The van der Waals surface area contributed by atoms with Crippen molar-refractivity contribution >= 4 is 0 Å². The summed E-state index contributed by atoms with van der Waals surface area (Å²) in [6.45, 7) is 2.97. The lowest BCUT2D eigenvalue weighted by atomic mass is 10.2. The number of nitrogens with one attached hydrogen (secondary N) is 1. The number of rotatable bonds is 6. The Morgan fingerprint density at radius 1 is 1.32 bits per heavy atom. The van der Waals surface area contributed by atoms with E-state index in [0.717, 1.165) is 24.0 Å². The van der Waals surface area contributed by atoms with Gasteiger partial charge in [0.2, 0.25) is 0 Å². The van der Waals surface area contributed by atoms with E-state index in [0.29, 0.717) is 6.04 Å². The molecule has 2 aromatic rings. The Morgan fingerprint density at radius 2 is 2.16 bits per heavy atom. The van der Waals surface area contributed by atoms with Crippen LogP contribution >= 0.6 is 0 Å². The van der Waals surface area contributed by atoms with Gasteiger partial charge in [-0.25, -0.2) is 0 Å². The highest BCUT2D eigenvalue weighted by Crippen LogP contribution is 2.34. The molecule has 5 heteroatoms. The molecule has 3 rings (SSSR count). The number of para-hydroxylation sites is 1. The van der Waals surface area contributed by atoms with Crippen molar-refractivity contribution in [2.24, 2.45) is 5.92 Å². The van der Waals surface area contributed by atoms with Crippen LogP contribution in [0.4, 0.5) is 0 Å². The Kier molecular flexibility index (Phi) is 3.55. The first-order valence-corrected chi connectivity index (χ1v) is 6.94. The number of hydrogen-bond donors (Lipinski definition) is 1. The molecule has 0 spiro atoms. The second-order valence-electron chi connectivity index (χ2n) is 5.11. The molecule has 0 amide bonds. The van der Waals surface area contributed by atoms with Crippen LogP contribution in [0.15, 0.2) is 30.3 Å². The SMILES string of the molecule is CCCC1CC1NCc1nnnn1-c1ccccc1. The van der Waals surface area contributed by atoms with Crippen molar-refractivity contribution in [3.63, 3.8) is 0 Å². The van der Waals surface area contributed by atoms with Crippen LogP contribution < -0.4 is 5.32 Å². The minimum atomic E-state index is 0.654. The average molecular weight is 257 g/mol. The van der Waals surface area contributed by atoms with E-state index in [1.165, 1.54) is 19.3 Å². The molecule has 2 unspecified atom stereocenters. The van der Waals surface area contributed by atoms with Gasteiger partial charge >= 0.3 is 0 Å². The summed E-state index contributed by atoms with van der Waals surface area (Å²) in [6.07, 6.45) is 3.88. The predicted octanol–water partition coefficient (Wildman–Crippen LogP) is 1.94. The third-order valence-corrected chi connectivity index (χ3v) is 3.64. The largest absolute Gasteiger partial charge is 0.307 e. The zero-order chi connectivity index (χ0) is 13.1. The standard InChI is InChI=1S/C14H19N5/c1-2-6-11-9-13(11)15-10-14-16-17-18-19(14)12-7-4-3-5-8-12/h3-5,7-8,11,13,15H,2,6,9-10H2,1H3. The molecule has 0 saturated heterocycles. The molecule has 1 aromatic carbocycles. The van der Waals surface area contributed by atoms with Crippen molar-refractivity contribution in [1.29, 1.82) is 0 Å². The van der Waals surface area contributed by atoms with Gasteiger partial charge in [0.15, 0.2) is 5.82 Å². The minimum absolute atomic E-state index is 0.654. The zero-order valence-electron chi connectivity index (χ0n) is 11.2. The van der Waals surface area contributed by atoms with Crippen LogP contribution in [0.25, 0.3) is 5.69 Å². The number of tetrazole rings is 1. The Hall–Kier alpha value is -1.75. The van der Waals surface area contributed by atoms with Gasteiger partial charge in [-0.15, -0.1) is 5.10 Å².